The molecule has 2 rings (SSSR count). The number of hydrogen-bond donors (Lipinski definition) is 2. The minimum Gasteiger partial charge on any atom is -0.354 e. The quantitative estimate of drug-likeness (QED) is 0.787. The summed E-state index contributed by atoms with van der Waals surface area (Å²) in [5, 5.41) is 5.18. The molecule has 0 spiro atoms. The molecule has 0 saturated carbocycles. The summed E-state index contributed by atoms with van der Waals surface area (Å²) in [6, 6.07) is 6.60. The number of halogens is 4. The number of rotatable bonds is 5. The fourth-order valence-corrected chi connectivity index (χ4v) is 2.20. The Bertz CT molecular complexity index is 746. The van der Waals surface area contributed by atoms with Crippen molar-refractivity contribution in [3.63, 3.8) is 0 Å². The maximum absolute atomic E-state index is 12.9. The second-order valence-electron chi connectivity index (χ2n) is 5.85. The Kier molecular flexibility index (Phi) is 5.89. The molecule has 0 unspecified atom stereocenters. The Labute approximate surface area is 148 Å². The van der Waals surface area contributed by atoms with Gasteiger partial charge in [0.2, 0.25) is 0 Å². The van der Waals surface area contributed by atoms with Crippen LogP contribution in [-0.4, -0.2) is 17.4 Å². The van der Waals surface area contributed by atoms with E-state index >= 15 is 0 Å². The van der Waals surface area contributed by atoms with E-state index in [2.05, 4.69) is 15.6 Å². The van der Waals surface area contributed by atoms with Crippen molar-refractivity contribution in [3.05, 3.63) is 52.8 Å². The Morgan fingerprint density at radius 3 is 2.44 bits per heavy atom. The van der Waals surface area contributed by atoms with E-state index in [1.165, 1.54) is 24.4 Å². The lowest BCUT2D eigenvalue weighted by Gasteiger charge is -2.12. The molecular formula is C17H17ClF3N3O. The number of carbonyl (C=O) groups is 1. The summed E-state index contributed by atoms with van der Waals surface area (Å²) in [5.41, 5.74) is -0.0125. The Morgan fingerprint density at radius 2 is 1.88 bits per heavy atom. The third kappa shape index (κ3) is 5.35. The molecule has 2 aromatic rings. The smallest absolute Gasteiger partial charge is 0.354 e. The first-order chi connectivity index (χ1) is 11.7. The third-order valence-corrected chi connectivity index (χ3v) is 3.56. The summed E-state index contributed by atoms with van der Waals surface area (Å²) >= 11 is 5.59. The molecule has 8 heteroatoms. The zero-order valence-corrected chi connectivity index (χ0v) is 14.4. The first kappa shape index (κ1) is 19.1. The predicted molar refractivity (Wildman–Crippen MR) is 91.1 cm³/mol. The van der Waals surface area contributed by atoms with Crippen molar-refractivity contribution in [2.24, 2.45) is 5.92 Å². The van der Waals surface area contributed by atoms with Crippen LogP contribution in [0.15, 0.2) is 36.5 Å². The molecule has 0 radical (unpaired) electrons. The Hall–Kier alpha value is -2.28. The maximum atomic E-state index is 12.9. The van der Waals surface area contributed by atoms with Gasteiger partial charge >= 0.3 is 6.18 Å². The van der Waals surface area contributed by atoms with Crippen molar-refractivity contribution >= 4 is 28.9 Å². The first-order valence-corrected chi connectivity index (χ1v) is 7.92. The molecular weight excluding hydrogens is 355 g/mol. The number of hydrogen-bond acceptors (Lipinski definition) is 3. The second-order valence-corrected chi connectivity index (χ2v) is 6.26. The zero-order chi connectivity index (χ0) is 18.6. The van der Waals surface area contributed by atoms with Crippen molar-refractivity contribution in [1.29, 1.82) is 0 Å². The molecule has 4 nitrogen and oxygen atoms in total. The molecule has 0 aliphatic rings. The minimum absolute atomic E-state index is 0.218. The number of carbonyl (C=O) groups excluding carboxylic acids is 1. The van der Waals surface area contributed by atoms with Gasteiger partial charge in [-0.3, -0.25) is 4.79 Å². The molecule has 1 aromatic heterocycles. The van der Waals surface area contributed by atoms with Crippen LogP contribution in [0.5, 0.6) is 0 Å². The van der Waals surface area contributed by atoms with Crippen LogP contribution < -0.4 is 10.6 Å². The van der Waals surface area contributed by atoms with E-state index in [-0.39, 0.29) is 22.3 Å². The van der Waals surface area contributed by atoms with Crippen molar-refractivity contribution in [3.8, 4) is 0 Å². The summed E-state index contributed by atoms with van der Waals surface area (Å²) in [5.74, 6) is 0.0173. The molecule has 0 atom stereocenters. The van der Waals surface area contributed by atoms with Crippen LogP contribution in [0, 0.1) is 5.92 Å². The lowest BCUT2D eigenvalue weighted by Crippen LogP contribution is -2.27. The molecule has 1 aromatic carbocycles. The van der Waals surface area contributed by atoms with Gasteiger partial charge in [0.15, 0.2) is 0 Å². The number of benzene rings is 1. The molecule has 0 fully saturated rings. The number of nitrogens with zero attached hydrogens (tertiary/aromatic N) is 1. The van der Waals surface area contributed by atoms with Gasteiger partial charge in [-0.25, -0.2) is 4.98 Å². The van der Waals surface area contributed by atoms with Gasteiger partial charge in [-0.15, -0.1) is 0 Å². The largest absolute Gasteiger partial charge is 0.417 e. The summed E-state index contributed by atoms with van der Waals surface area (Å²) in [6.07, 6.45) is -3.16. The molecule has 0 saturated heterocycles. The van der Waals surface area contributed by atoms with E-state index in [0.29, 0.717) is 18.2 Å². The number of amides is 1. The van der Waals surface area contributed by atoms with E-state index in [4.69, 9.17) is 11.6 Å². The number of nitrogens with one attached hydrogen (secondary N) is 2. The number of aromatic nitrogens is 1. The van der Waals surface area contributed by atoms with Crippen LogP contribution in [0.4, 0.5) is 24.5 Å². The Balaban J connectivity index is 2.10. The van der Waals surface area contributed by atoms with E-state index < -0.39 is 11.7 Å². The van der Waals surface area contributed by atoms with Gasteiger partial charge in [0, 0.05) is 12.2 Å². The summed E-state index contributed by atoms with van der Waals surface area (Å²) < 4.78 is 38.6. The topological polar surface area (TPSA) is 54.0 Å². The lowest BCUT2D eigenvalue weighted by molar-refractivity contribution is -0.137. The standard InChI is InChI=1S/C17H17ClF3N3O/c1-10(2)8-23-16(25)15-6-4-12(9-22-15)24-11-3-5-14(18)13(7-11)17(19,20)21/h3-7,9-10,24H,8H2,1-2H3,(H,23,25). The highest BCUT2D eigenvalue weighted by atomic mass is 35.5. The zero-order valence-electron chi connectivity index (χ0n) is 13.6. The highest BCUT2D eigenvalue weighted by molar-refractivity contribution is 6.31. The monoisotopic (exact) mass is 371 g/mol. The summed E-state index contributed by atoms with van der Waals surface area (Å²) in [7, 11) is 0. The van der Waals surface area contributed by atoms with Crippen molar-refractivity contribution < 1.29 is 18.0 Å². The SMILES string of the molecule is CC(C)CNC(=O)c1ccc(Nc2ccc(Cl)c(C(F)(F)F)c2)cn1. The van der Waals surface area contributed by atoms with E-state index in [9.17, 15) is 18.0 Å². The summed E-state index contributed by atoms with van der Waals surface area (Å²) in [4.78, 5) is 15.9. The third-order valence-electron chi connectivity index (χ3n) is 3.23. The van der Waals surface area contributed by atoms with Gasteiger partial charge in [-0.1, -0.05) is 25.4 Å². The average Bonchev–Trinajstić information content (AvgIpc) is 2.54. The predicted octanol–water partition coefficient (Wildman–Crippen LogP) is 4.88. The van der Waals surface area contributed by atoms with E-state index in [1.54, 1.807) is 6.07 Å². The van der Waals surface area contributed by atoms with Gasteiger partial charge in [-0.05, 0) is 36.2 Å². The van der Waals surface area contributed by atoms with Crippen LogP contribution in [0.3, 0.4) is 0 Å². The molecule has 25 heavy (non-hydrogen) atoms. The minimum atomic E-state index is -4.54. The second kappa shape index (κ2) is 7.74. The molecule has 134 valence electrons. The fourth-order valence-electron chi connectivity index (χ4n) is 1.98. The molecule has 0 bridgehead atoms. The molecule has 1 amide bonds. The Morgan fingerprint density at radius 1 is 1.20 bits per heavy atom. The molecule has 0 aliphatic heterocycles. The lowest BCUT2D eigenvalue weighted by atomic mass is 10.2. The fraction of sp³-hybridized carbons (Fsp3) is 0.294. The number of anilines is 2. The number of alkyl halides is 3. The van der Waals surface area contributed by atoms with Gasteiger partial charge in [0.05, 0.1) is 22.5 Å². The van der Waals surface area contributed by atoms with Gasteiger partial charge in [-0.2, -0.15) is 13.2 Å². The molecule has 0 aliphatic carbocycles. The highest BCUT2D eigenvalue weighted by Crippen LogP contribution is 2.36. The van der Waals surface area contributed by atoms with Crippen LogP contribution in [0.25, 0.3) is 0 Å². The van der Waals surface area contributed by atoms with Crippen LogP contribution in [0.1, 0.15) is 29.9 Å². The maximum Gasteiger partial charge on any atom is 0.417 e. The van der Waals surface area contributed by atoms with Crippen LogP contribution in [0.2, 0.25) is 5.02 Å². The van der Waals surface area contributed by atoms with Crippen LogP contribution in [-0.2, 0) is 6.18 Å². The van der Waals surface area contributed by atoms with E-state index in [0.717, 1.165) is 6.07 Å². The van der Waals surface area contributed by atoms with Crippen LogP contribution >= 0.6 is 11.6 Å². The molecule has 1 heterocycles. The first-order valence-electron chi connectivity index (χ1n) is 7.55. The normalized spacial score (nSPS) is 11.5. The number of pyridine rings is 1. The summed E-state index contributed by atoms with van der Waals surface area (Å²) in [6.45, 7) is 4.48. The van der Waals surface area contributed by atoms with Gasteiger partial charge in [0.1, 0.15) is 5.69 Å². The van der Waals surface area contributed by atoms with Crippen molar-refractivity contribution in [2.45, 2.75) is 20.0 Å². The average molecular weight is 372 g/mol. The molecule has 2 N–H and O–H groups in total. The highest BCUT2D eigenvalue weighted by Gasteiger charge is 2.33. The van der Waals surface area contributed by atoms with Gasteiger partial charge < -0.3 is 10.6 Å². The van der Waals surface area contributed by atoms with Crippen molar-refractivity contribution in [1.82, 2.24) is 10.3 Å². The van der Waals surface area contributed by atoms with E-state index in [1.807, 2.05) is 13.8 Å². The van der Waals surface area contributed by atoms with Crippen molar-refractivity contribution in [2.75, 3.05) is 11.9 Å². The van der Waals surface area contributed by atoms with Gasteiger partial charge in [0.25, 0.3) is 5.91 Å².